The predicted molar refractivity (Wildman–Crippen MR) is 87.1 cm³/mol. The van der Waals surface area contributed by atoms with Crippen LogP contribution in [0.5, 0.6) is 0 Å². The highest BCUT2D eigenvalue weighted by Gasteiger charge is 2.20. The molecule has 104 valence electrons. The summed E-state index contributed by atoms with van der Waals surface area (Å²) in [5.41, 5.74) is 3.02. The number of fused-ring (bicyclic) bond motifs is 1. The summed E-state index contributed by atoms with van der Waals surface area (Å²) in [6.45, 7) is 0. The monoisotopic (exact) mass is 303 g/mol. The van der Waals surface area contributed by atoms with Gasteiger partial charge in [0.1, 0.15) is 0 Å². The van der Waals surface area contributed by atoms with Gasteiger partial charge in [0, 0.05) is 20.8 Å². The number of thiophene rings is 1. The summed E-state index contributed by atoms with van der Waals surface area (Å²) in [4.78, 5) is 15.0. The molecule has 0 saturated carbocycles. The molecule has 2 nitrogen and oxygen atoms in total. The van der Waals surface area contributed by atoms with Crippen LogP contribution in [0, 0.1) is 0 Å². The summed E-state index contributed by atoms with van der Waals surface area (Å²) in [6, 6.07) is 7.98. The molecule has 1 aliphatic carbocycles. The van der Waals surface area contributed by atoms with Crippen molar-refractivity contribution in [2.45, 2.75) is 30.6 Å². The van der Waals surface area contributed by atoms with Gasteiger partial charge in [0.2, 0.25) is 0 Å². The van der Waals surface area contributed by atoms with Gasteiger partial charge in [0.05, 0.1) is 5.56 Å². The number of amides is 1. The molecule has 0 unspecified atom stereocenters. The van der Waals surface area contributed by atoms with E-state index in [1.165, 1.54) is 28.2 Å². The first-order valence-electron chi connectivity index (χ1n) is 6.82. The molecule has 0 spiro atoms. The van der Waals surface area contributed by atoms with Gasteiger partial charge in [-0.2, -0.15) is 0 Å². The smallest absolute Gasteiger partial charge is 0.256 e. The van der Waals surface area contributed by atoms with Crippen LogP contribution in [0.1, 0.15) is 33.6 Å². The topological polar surface area (TPSA) is 29.1 Å². The van der Waals surface area contributed by atoms with Gasteiger partial charge in [0.25, 0.3) is 5.91 Å². The molecule has 0 saturated heterocycles. The van der Waals surface area contributed by atoms with Crippen LogP contribution in [0.2, 0.25) is 0 Å². The first-order valence-corrected chi connectivity index (χ1v) is 8.93. The molecule has 1 aromatic carbocycles. The van der Waals surface area contributed by atoms with Crippen molar-refractivity contribution in [2.75, 3.05) is 11.6 Å². The number of carbonyl (C=O) groups is 1. The van der Waals surface area contributed by atoms with Gasteiger partial charge >= 0.3 is 0 Å². The summed E-state index contributed by atoms with van der Waals surface area (Å²) in [6.07, 6.45) is 6.69. The summed E-state index contributed by atoms with van der Waals surface area (Å²) < 4.78 is 0. The predicted octanol–water partition coefficient (Wildman–Crippen LogP) is 4.60. The number of anilines is 1. The number of hydrogen-bond donors (Lipinski definition) is 1. The van der Waals surface area contributed by atoms with E-state index >= 15 is 0 Å². The fourth-order valence-corrected chi connectivity index (χ4v) is 4.09. The van der Waals surface area contributed by atoms with Crippen molar-refractivity contribution in [1.82, 2.24) is 0 Å². The largest absolute Gasteiger partial charge is 0.322 e. The van der Waals surface area contributed by atoms with Crippen LogP contribution in [-0.4, -0.2) is 12.2 Å². The number of nitrogens with one attached hydrogen (secondary N) is 1. The van der Waals surface area contributed by atoms with Crippen LogP contribution in [0.3, 0.4) is 0 Å². The van der Waals surface area contributed by atoms with Gasteiger partial charge in [-0.3, -0.25) is 4.79 Å². The number of carbonyl (C=O) groups excluding carboxylic acids is 1. The second-order valence-corrected chi connectivity index (χ2v) is 6.78. The zero-order valence-electron chi connectivity index (χ0n) is 11.4. The molecule has 1 amide bonds. The van der Waals surface area contributed by atoms with Crippen LogP contribution in [-0.2, 0) is 12.8 Å². The van der Waals surface area contributed by atoms with Crippen molar-refractivity contribution in [2.24, 2.45) is 0 Å². The van der Waals surface area contributed by atoms with Crippen LogP contribution in [0.15, 0.2) is 34.5 Å². The van der Waals surface area contributed by atoms with Crippen LogP contribution in [0.25, 0.3) is 0 Å². The lowest BCUT2D eigenvalue weighted by Gasteiger charge is -2.12. The Hall–Kier alpha value is -1.26. The maximum Gasteiger partial charge on any atom is 0.256 e. The minimum Gasteiger partial charge on any atom is -0.322 e. The third-order valence-electron chi connectivity index (χ3n) is 3.65. The third kappa shape index (κ3) is 2.76. The lowest BCUT2D eigenvalue weighted by Crippen LogP contribution is -2.14. The average Bonchev–Trinajstić information content (AvgIpc) is 2.92. The summed E-state index contributed by atoms with van der Waals surface area (Å²) >= 11 is 3.43. The molecule has 0 bridgehead atoms. The van der Waals surface area contributed by atoms with Gasteiger partial charge in [-0.1, -0.05) is 0 Å². The Bertz CT molecular complexity index is 616. The van der Waals surface area contributed by atoms with Gasteiger partial charge in [0.15, 0.2) is 0 Å². The molecule has 3 rings (SSSR count). The maximum absolute atomic E-state index is 12.4. The van der Waals surface area contributed by atoms with Crippen molar-refractivity contribution in [3.63, 3.8) is 0 Å². The molecule has 0 atom stereocenters. The van der Waals surface area contributed by atoms with Crippen molar-refractivity contribution in [1.29, 1.82) is 0 Å². The van der Waals surface area contributed by atoms with Gasteiger partial charge in [-0.15, -0.1) is 23.1 Å². The molecule has 20 heavy (non-hydrogen) atoms. The van der Waals surface area contributed by atoms with Gasteiger partial charge in [-0.25, -0.2) is 0 Å². The van der Waals surface area contributed by atoms with E-state index in [0.29, 0.717) is 0 Å². The number of hydrogen-bond acceptors (Lipinski definition) is 3. The molecule has 2 aromatic rings. The summed E-state index contributed by atoms with van der Waals surface area (Å²) in [5.74, 6) is 0.0290. The molecule has 1 N–H and O–H groups in total. The zero-order valence-corrected chi connectivity index (χ0v) is 13.1. The molecule has 1 heterocycles. The van der Waals surface area contributed by atoms with E-state index in [2.05, 4.69) is 5.32 Å². The summed E-state index contributed by atoms with van der Waals surface area (Å²) in [5, 5.41) is 5.02. The maximum atomic E-state index is 12.4. The molecular weight excluding hydrogens is 286 g/mol. The Labute approximate surface area is 127 Å². The van der Waals surface area contributed by atoms with Crippen molar-refractivity contribution in [3.8, 4) is 0 Å². The fourth-order valence-electron chi connectivity index (χ4n) is 2.56. The van der Waals surface area contributed by atoms with Crippen LogP contribution in [0.4, 0.5) is 5.69 Å². The Morgan fingerprint density at radius 2 is 1.95 bits per heavy atom. The van der Waals surface area contributed by atoms with Gasteiger partial charge < -0.3 is 5.32 Å². The van der Waals surface area contributed by atoms with Gasteiger partial charge in [-0.05, 0) is 61.8 Å². The SMILES string of the molecule is CSc1ccc(NC(=O)c2csc3c2CCCC3)cc1. The zero-order chi connectivity index (χ0) is 13.9. The molecule has 0 fully saturated rings. The molecule has 0 radical (unpaired) electrons. The lowest BCUT2D eigenvalue weighted by atomic mass is 9.95. The average molecular weight is 303 g/mol. The van der Waals surface area contributed by atoms with Crippen LogP contribution < -0.4 is 5.32 Å². The lowest BCUT2D eigenvalue weighted by molar-refractivity contribution is 0.102. The summed E-state index contributed by atoms with van der Waals surface area (Å²) in [7, 11) is 0. The second kappa shape index (κ2) is 6.02. The van der Waals surface area contributed by atoms with E-state index in [1.54, 1.807) is 23.1 Å². The molecule has 1 aromatic heterocycles. The van der Waals surface area contributed by atoms with E-state index in [1.807, 2.05) is 35.9 Å². The fraction of sp³-hybridized carbons (Fsp3) is 0.312. The van der Waals surface area contributed by atoms with E-state index < -0.39 is 0 Å². The Balaban J connectivity index is 1.77. The van der Waals surface area contributed by atoms with Crippen molar-refractivity contribution in [3.05, 3.63) is 45.6 Å². The number of aryl methyl sites for hydroxylation is 1. The number of rotatable bonds is 3. The minimum atomic E-state index is 0.0290. The van der Waals surface area contributed by atoms with E-state index in [9.17, 15) is 4.79 Å². The number of thioether (sulfide) groups is 1. The molecule has 0 aliphatic heterocycles. The minimum absolute atomic E-state index is 0.0290. The van der Waals surface area contributed by atoms with E-state index in [0.717, 1.165) is 24.1 Å². The Morgan fingerprint density at radius 1 is 1.20 bits per heavy atom. The highest BCUT2D eigenvalue weighted by Crippen LogP contribution is 2.30. The van der Waals surface area contributed by atoms with Crippen LogP contribution >= 0.6 is 23.1 Å². The number of benzene rings is 1. The first kappa shape index (κ1) is 13.7. The Kier molecular flexibility index (Phi) is 4.13. The quantitative estimate of drug-likeness (QED) is 0.840. The standard InChI is InChI=1S/C16H17NOS2/c1-19-12-8-6-11(7-9-12)17-16(18)14-10-20-15-5-3-2-4-13(14)15/h6-10H,2-5H2,1H3,(H,17,18). The van der Waals surface area contributed by atoms with E-state index in [-0.39, 0.29) is 5.91 Å². The van der Waals surface area contributed by atoms with Crippen molar-refractivity contribution < 1.29 is 4.79 Å². The molecular formula is C16H17NOS2. The third-order valence-corrected chi connectivity index (χ3v) is 5.49. The Morgan fingerprint density at radius 3 is 2.70 bits per heavy atom. The first-order chi connectivity index (χ1) is 9.78. The molecule has 4 heteroatoms. The normalized spacial score (nSPS) is 13.8. The van der Waals surface area contributed by atoms with E-state index in [4.69, 9.17) is 0 Å². The van der Waals surface area contributed by atoms with Crippen molar-refractivity contribution >= 4 is 34.7 Å². The molecule has 1 aliphatic rings. The highest BCUT2D eigenvalue weighted by atomic mass is 32.2. The second-order valence-electron chi connectivity index (χ2n) is 4.94. The highest BCUT2D eigenvalue weighted by molar-refractivity contribution is 7.98.